The minimum Gasteiger partial charge on any atom is -0.474 e. The van der Waals surface area contributed by atoms with Crippen LogP contribution in [-0.2, 0) is 21.6 Å². The Hall–Kier alpha value is -3.44. The lowest BCUT2D eigenvalue weighted by molar-refractivity contribution is -0.142. The predicted octanol–water partition coefficient (Wildman–Crippen LogP) is 4.63. The third kappa shape index (κ3) is 5.05. The number of halogens is 3. The van der Waals surface area contributed by atoms with Crippen LogP contribution < -0.4 is 9.64 Å². The number of anilines is 2. The highest BCUT2D eigenvalue weighted by Crippen LogP contribution is 2.58. The van der Waals surface area contributed by atoms with Gasteiger partial charge in [0.25, 0.3) is 6.02 Å². The van der Waals surface area contributed by atoms with E-state index in [1.54, 1.807) is 38.4 Å². The number of fused-ring (bicyclic) bond motifs is 2. The summed E-state index contributed by atoms with van der Waals surface area (Å²) in [6, 6.07) is 2.30. The number of aromatic nitrogens is 3. The molecule has 198 valence electrons. The molecule has 0 bridgehead atoms. The maximum atomic E-state index is 13.4. The number of ether oxygens (including phenoxy) is 2. The van der Waals surface area contributed by atoms with Gasteiger partial charge < -0.3 is 14.4 Å². The number of carbonyl (C=O) groups is 1. The first kappa shape index (κ1) is 25.2. The molecule has 2 fully saturated rings. The zero-order valence-electron chi connectivity index (χ0n) is 20.7. The second kappa shape index (κ2) is 9.46. The van der Waals surface area contributed by atoms with E-state index in [-0.39, 0.29) is 24.4 Å². The Morgan fingerprint density at radius 1 is 1.22 bits per heavy atom. The zero-order chi connectivity index (χ0) is 26.4. The van der Waals surface area contributed by atoms with Crippen molar-refractivity contribution in [2.24, 2.45) is 0 Å². The first-order valence-corrected chi connectivity index (χ1v) is 12.5. The fourth-order valence-electron chi connectivity index (χ4n) is 4.91. The predicted molar refractivity (Wildman–Crippen MR) is 128 cm³/mol. The second-order valence-electron chi connectivity index (χ2n) is 10.1. The normalized spacial score (nSPS) is 18.4. The Morgan fingerprint density at radius 3 is 2.54 bits per heavy atom. The maximum Gasteiger partial charge on any atom is 0.406 e. The third-order valence-electron chi connectivity index (χ3n) is 7.05. The fraction of sp³-hybridized carbons (Fsp3) is 0.560. The van der Waals surface area contributed by atoms with Crippen LogP contribution in [0.1, 0.15) is 63.8 Å². The van der Waals surface area contributed by atoms with Crippen LogP contribution in [0.25, 0.3) is 0 Å². The van der Waals surface area contributed by atoms with Crippen LogP contribution >= 0.6 is 0 Å². The van der Waals surface area contributed by atoms with Gasteiger partial charge in [-0.3, -0.25) is 15.1 Å². The number of rotatable bonds is 7. The largest absolute Gasteiger partial charge is 0.474 e. The smallest absolute Gasteiger partial charge is 0.406 e. The van der Waals surface area contributed by atoms with Gasteiger partial charge in [-0.15, -0.1) is 0 Å². The highest BCUT2D eigenvalue weighted by molar-refractivity contribution is 6.13. The number of carbonyl (C=O) groups excluding carboxylic acids is 1. The molecule has 3 aliphatic rings. The maximum absolute atomic E-state index is 13.4. The molecule has 0 radical (unpaired) electrons. The van der Waals surface area contributed by atoms with Gasteiger partial charge in [-0.2, -0.15) is 13.2 Å². The van der Waals surface area contributed by atoms with E-state index in [2.05, 4.69) is 15.0 Å². The van der Waals surface area contributed by atoms with Gasteiger partial charge in [0, 0.05) is 23.9 Å². The Balaban J connectivity index is 1.34. The molecule has 0 saturated heterocycles. The average molecular weight is 519 g/mol. The summed E-state index contributed by atoms with van der Waals surface area (Å²) in [4.78, 5) is 28.9. The summed E-state index contributed by atoms with van der Waals surface area (Å²) in [5, 5.41) is 8.00. The molecule has 9 nitrogen and oxygen atoms in total. The van der Waals surface area contributed by atoms with Gasteiger partial charge in [-0.1, -0.05) is 0 Å². The number of hydrogen-bond acceptors (Lipinski definition) is 7. The van der Waals surface area contributed by atoms with Crippen LogP contribution in [0.5, 0.6) is 5.88 Å². The zero-order valence-corrected chi connectivity index (χ0v) is 20.7. The van der Waals surface area contributed by atoms with Crippen molar-refractivity contribution < 1.29 is 27.4 Å². The van der Waals surface area contributed by atoms with Crippen molar-refractivity contribution in [3.8, 4) is 5.88 Å². The van der Waals surface area contributed by atoms with Crippen molar-refractivity contribution in [1.82, 2.24) is 19.9 Å². The molecule has 2 saturated carbocycles. The SMILES string of the molecule is CC(C)N(CC(F)(F)F)C(=N)OCc1ncc2c(n1)N(c1ccc(OC3CCCC3)nc1)C(=O)C21CC1. The highest BCUT2D eigenvalue weighted by atomic mass is 19.4. The van der Waals surface area contributed by atoms with Crippen LogP contribution in [0.15, 0.2) is 24.5 Å². The molecule has 2 aliphatic carbocycles. The number of hydrogen-bond donors (Lipinski definition) is 1. The van der Waals surface area contributed by atoms with E-state index in [4.69, 9.17) is 14.9 Å². The topological polar surface area (TPSA) is 105 Å². The quantitative estimate of drug-likeness (QED) is 0.421. The average Bonchev–Trinajstić information content (AvgIpc) is 3.43. The minimum absolute atomic E-state index is 0.106. The Kier molecular flexibility index (Phi) is 6.45. The minimum atomic E-state index is -4.48. The van der Waals surface area contributed by atoms with Crippen molar-refractivity contribution in [3.05, 3.63) is 35.9 Å². The molecule has 1 spiro atoms. The molecule has 1 amide bonds. The first-order chi connectivity index (χ1) is 17.6. The summed E-state index contributed by atoms with van der Waals surface area (Å²) < 4.78 is 50.0. The molecule has 0 unspecified atom stereocenters. The van der Waals surface area contributed by atoms with Gasteiger partial charge in [0.1, 0.15) is 18.5 Å². The van der Waals surface area contributed by atoms with Crippen LogP contribution in [0.3, 0.4) is 0 Å². The molecule has 2 aromatic rings. The molecule has 37 heavy (non-hydrogen) atoms. The van der Waals surface area contributed by atoms with Crippen molar-refractivity contribution in [3.63, 3.8) is 0 Å². The summed E-state index contributed by atoms with van der Waals surface area (Å²) in [6.07, 6.45) is 4.54. The van der Waals surface area contributed by atoms with Crippen LogP contribution in [0, 0.1) is 5.41 Å². The van der Waals surface area contributed by atoms with Crippen molar-refractivity contribution in [2.75, 3.05) is 11.4 Å². The molecule has 1 aliphatic heterocycles. The number of amides is 1. The van der Waals surface area contributed by atoms with Gasteiger partial charge in [-0.05, 0) is 58.4 Å². The number of alkyl halides is 3. The molecule has 1 N–H and O–H groups in total. The number of nitrogens with one attached hydrogen (secondary N) is 1. The van der Waals surface area contributed by atoms with Crippen molar-refractivity contribution >= 4 is 23.4 Å². The second-order valence-corrected chi connectivity index (χ2v) is 10.1. The molecular weight excluding hydrogens is 489 g/mol. The molecule has 12 heteroatoms. The van der Waals surface area contributed by atoms with E-state index in [9.17, 15) is 18.0 Å². The van der Waals surface area contributed by atoms with Crippen molar-refractivity contribution in [1.29, 1.82) is 5.41 Å². The van der Waals surface area contributed by atoms with Gasteiger partial charge in [0.15, 0.2) is 12.4 Å². The Labute approximate surface area is 212 Å². The summed E-state index contributed by atoms with van der Waals surface area (Å²) in [6.45, 7) is 1.49. The monoisotopic (exact) mass is 518 g/mol. The molecular formula is C25H29F3N6O3. The van der Waals surface area contributed by atoms with Crippen molar-refractivity contribution in [2.45, 2.75) is 82.7 Å². The van der Waals surface area contributed by atoms with E-state index in [1.165, 1.54) is 4.90 Å². The van der Waals surface area contributed by atoms with E-state index in [0.717, 1.165) is 30.6 Å². The molecule has 3 heterocycles. The lowest BCUT2D eigenvalue weighted by atomic mass is 10.0. The van der Waals surface area contributed by atoms with Crippen LogP contribution in [-0.4, -0.2) is 56.6 Å². The Morgan fingerprint density at radius 2 is 1.95 bits per heavy atom. The third-order valence-corrected chi connectivity index (χ3v) is 7.05. The standard InChI is InChI=1S/C25H29F3N6O3/c1-15(2)33(14-25(26,27)28)23(29)36-13-19-30-12-18-21(32-19)34(22(35)24(18)9-10-24)16-7-8-20(31-11-16)37-17-5-3-4-6-17/h7-8,11-12,15,17,29H,3-6,9-10,13-14H2,1-2H3. The summed E-state index contributed by atoms with van der Waals surface area (Å²) in [5.41, 5.74) is 0.605. The lowest BCUT2D eigenvalue weighted by Crippen LogP contribution is -2.43. The lowest BCUT2D eigenvalue weighted by Gasteiger charge is -2.28. The van der Waals surface area contributed by atoms with Gasteiger partial charge in [0.05, 0.1) is 17.3 Å². The number of amidine groups is 1. The highest BCUT2D eigenvalue weighted by Gasteiger charge is 2.60. The first-order valence-electron chi connectivity index (χ1n) is 12.5. The van der Waals surface area contributed by atoms with Gasteiger partial charge >= 0.3 is 6.18 Å². The number of nitrogens with zero attached hydrogens (tertiary/aromatic N) is 5. The molecule has 2 aromatic heterocycles. The summed E-state index contributed by atoms with van der Waals surface area (Å²) in [5.74, 6) is 0.964. The Bertz CT molecular complexity index is 1180. The van der Waals surface area contributed by atoms with E-state index in [1.807, 2.05) is 0 Å². The van der Waals surface area contributed by atoms with E-state index < -0.39 is 30.2 Å². The van der Waals surface area contributed by atoms with E-state index in [0.29, 0.717) is 35.8 Å². The van der Waals surface area contributed by atoms with Crippen LogP contribution in [0.2, 0.25) is 0 Å². The summed E-state index contributed by atoms with van der Waals surface area (Å²) in [7, 11) is 0. The molecule has 0 aromatic carbocycles. The van der Waals surface area contributed by atoms with E-state index >= 15 is 0 Å². The van der Waals surface area contributed by atoms with Gasteiger partial charge in [-0.25, -0.2) is 15.0 Å². The molecule has 5 rings (SSSR count). The molecule has 0 atom stereocenters. The summed E-state index contributed by atoms with van der Waals surface area (Å²) >= 11 is 0. The van der Waals surface area contributed by atoms with Gasteiger partial charge in [0.2, 0.25) is 11.8 Å². The van der Waals surface area contributed by atoms with Crippen LogP contribution in [0.4, 0.5) is 24.7 Å². The fourth-order valence-corrected chi connectivity index (χ4v) is 4.91. The number of pyridine rings is 1.